The molecule has 1 amide bonds. The van der Waals surface area contributed by atoms with Crippen LogP contribution in [0.1, 0.15) is 18.1 Å². The van der Waals surface area contributed by atoms with E-state index in [0.29, 0.717) is 17.1 Å². The maximum Gasteiger partial charge on any atom is 0.308 e. The number of aromatic nitrogens is 1. The molecule has 0 aliphatic rings. The van der Waals surface area contributed by atoms with Crippen molar-refractivity contribution in [3.63, 3.8) is 0 Å². The Labute approximate surface area is 192 Å². The SMILES string of the molecule is COc1ccc(C=CC(=O)Nc2cccc3c2ccn3Cc2ccccc2)cc1OC(C)=O. The van der Waals surface area contributed by atoms with Crippen molar-refractivity contribution < 1.29 is 19.1 Å². The minimum Gasteiger partial charge on any atom is -0.493 e. The molecule has 1 N–H and O–H groups in total. The first-order valence-corrected chi connectivity index (χ1v) is 10.5. The summed E-state index contributed by atoms with van der Waals surface area (Å²) >= 11 is 0. The molecule has 0 fully saturated rings. The number of ether oxygens (including phenoxy) is 2. The number of anilines is 1. The number of carbonyl (C=O) groups is 2. The van der Waals surface area contributed by atoms with Gasteiger partial charge in [0.15, 0.2) is 11.5 Å². The van der Waals surface area contributed by atoms with Crippen molar-refractivity contribution in [3.8, 4) is 11.5 Å². The van der Waals surface area contributed by atoms with E-state index in [1.165, 1.54) is 25.7 Å². The Balaban J connectivity index is 1.50. The topological polar surface area (TPSA) is 69.6 Å². The van der Waals surface area contributed by atoms with Gasteiger partial charge in [-0.25, -0.2) is 0 Å². The summed E-state index contributed by atoms with van der Waals surface area (Å²) in [5.74, 6) is 0.0400. The average molecular weight is 440 g/mol. The molecule has 6 nitrogen and oxygen atoms in total. The first kappa shape index (κ1) is 21.9. The lowest BCUT2D eigenvalue weighted by atomic mass is 10.1. The fourth-order valence-electron chi connectivity index (χ4n) is 3.63. The second-order valence-electron chi connectivity index (χ2n) is 7.49. The highest BCUT2D eigenvalue weighted by molar-refractivity contribution is 6.07. The molecule has 0 aliphatic carbocycles. The third-order valence-electron chi connectivity index (χ3n) is 5.14. The van der Waals surface area contributed by atoms with Crippen LogP contribution in [0.4, 0.5) is 5.69 Å². The van der Waals surface area contributed by atoms with Crippen LogP contribution in [0.2, 0.25) is 0 Å². The highest BCUT2D eigenvalue weighted by Crippen LogP contribution is 2.29. The van der Waals surface area contributed by atoms with E-state index in [-0.39, 0.29) is 5.91 Å². The van der Waals surface area contributed by atoms with Gasteiger partial charge in [-0.3, -0.25) is 9.59 Å². The zero-order valence-electron chi connectivity index (χ0n) is 18.4. The third-order valence-corrected chi connectivity index (χ3v) is 5.14. The largest absolute Gasteiger partial charge is 0.493 e. The Kier molecular flexibility index (Phi) is 6.55. The van der Waals surface area contributed by atoms with E-state index in [2.05, 4.69) is 22.0 Å². The number of hydrogen-bond acceptors (Lipinski definition) is 4. The molecule has 0 radical (unpaired) electrons. The van der Waals surface area contributed by atoms with Crippen LogP contribution in [0.25, 0.3) is 17.0 Å². The Morgan fingerprint density at radius 3 is 2.55 bits per heavy atom. The zero-order valence-corrected chi connectivity index (χ0v) is 18.4. The lowest BCUT2D eigenvalue weighted by Gasteiger charge is -2.09. The van der Waals surface area contributed by atoms with Crippen LogP contribution in [-0.2, 0) is 16.1 Å². The summed E-state index contributed by atoms with van der Waals surface area (Å²) in [5.41, 5.74) is 3.69. The van der Waals surface area contributed by atoms with E-state index in [0.717, 1.165) is 23.1 Å². The maximum atomic E-state index is 12.6. The summed E-state index contributed by atoms with van der Waals surface area (Å²) in [7, 11) is 1.50. The Hall–Kier alpha value is -4.32. The van der Waals surface area contributed by atoms with E-state index in [4.69, 9.17) is 9.47 Å². The number of carbonyl (C=O) groups excluding carboxylic acids is 2. The molecule has 0 unspecified atom stereocenters. The molecule has 4 aromatic rings. The van der Waals surface area contributed by atoms with Crippen molar-refractivity contribution in [2.45, 2.75) is 13.5 Å². The first-order chi connectivity index (χ1) is 16.0. The predicted octanol–water partition coefficient (Wildman–Crippen LogP) is 5.28. The summed E-state index contributed by atoms with van der Waals surface area (Å²) in [5, 5.41) is 3.92. The molecule has 0 bridgehead atoms. The molecule has 4 rings (SSSR count). The van der Waals surface area contributed by atoms with Gasteiger partial charge in [0.05, 0.1) is 18.3 Å². The van der Waals surface area contributed by atoms with Gasteiger partial charge in [0, 0.05) is 31.1 Å². The van der Waals surface area contributed by atoms with E-state index < -0.39 is 5.97 Å². The van der Waals surface area contributed by atoms with Crippen molar-refractivity contribution >= 4 is 34.5 Å². The monoisotopic (exact) mass is 440 g/mol. The molecule has 1 aromatic heterocycles. The first-order valence-electron chi connectivity index (χ1n) is 10.5. The molecule has 0 aliphatic heterocycles. The van der Waals surface area contributed by atoms with Crippen molar-refractivity contribution in [1.29, 1.82) is 0 Å². The summed E-state index contributed by atoms with van der Waals surface area (Å²) in [6.07, 6.45) is 5.12. The van der Waals surface area contributed by atoms with Crippen LogP contribution >= 0.6 is 0 Å². The van der Waals surface area contributed by atoms with Gasteiger partial charge in [0.1, 0.15) is 0 Å². The van der Waals surface area contributed by atoms with E-state index in [9.17, 15) is 9.59 Å². The number of amides is 1. The zero-order chi connectivity index (χ0) is 23.2. The number of nitrogens with one attached hydrogen (secondary N) is 1. The Morgan fingerprint density at radius 2 is 1.79 bits per heavy atom. The van der Waals surface area contributed by atoms with Crippen LogP contribution in [0, 0.1) is 0 Å². The van der Waals surface area contributed by atoms with Crippen molar-refractivity contribution in [2.24, 2.45) is 0 Å². The number of nitrogens with zero attached hydrogens (tertiary/aromatic N) is 1. The highest BCUT2D eigenvalue weighted by Gasteiger charge is 2.09. The van der Waals surface area contributed by atoms with Gasteiger partial charge in [0.2, 0.25) is 5.91 Å². The van der Waals surface area contributed by atoms with Crippen LogP contribution in [0.5, 0.6) is 11.5 Å². The number of esters is 1. The number of benzene rings is 3. The molecular formula is C27H24N2O4. The molecule has 3 aromatic carbocycles. The lowest BCUT2D eigenvalue weighted by Crippen LogP contribution is -2.08. The second kappa shape index (κ2) is 9.87. The number of hydrogen-bond donors (Lipinski definition) is 1. The maximum absolute atomic E-state index is 12.6. The molecule has 33 heavy (non-hydrogen) atoms. The number of rotatable bonds is 7. The third kappa shape index (κ3) is 5.30. The molecule has 0 saturated heterocycles. The minimum atomic E-state index is -0.445. The highest BCUT2D eigenvalue weighted by atomic mass is 16.6. The van der Waals surface area contributed by atoms with Gasteiger partial charge in [0.25, 0.3) is 0 Å². The van der Waals surface area contributed by atoms with Crippen LogP contribution in [0.3, 0.4) is 0 Å². The van der Waals surface area contributed by atoms with E-state index in [1.807, 2.05) is 48.7 Å². The molecule has 1 heterocycles. The van der Waals surface area contributed by atoms with Gasteiger partial charge in [-0.05, 0) is 47.5 Å². The van der Waals surface area contributed by atoms with Gasteiger partial charge >= 0.3 is 5.97 Å². The molecule has 0 saturated carbocycles. The fourth-order valence-corrected chi connectivity index (χ4v) is 3.63. The van der Waals surface area contributed by atoms with Gasteiger partial charge < -0.3 is 19.4 Å². The van der Waals surface area contributed by atoms with Crippen molar-refractivity contribution in [3.05, 3.63) is 96.2 Å². The normalized spacial score (nSPS) is 11.0. The van der Waals surface area contributed by atoms with Crippen molar-refractivity contribution in [1.82, 2.24) is 4.57 Å². The summed E-state index contributed by atoms with van der Waals surface area (Å²) < 4.78 is 12.5. The fraction of sp³-hybridized carbons (Fsp3) is 0.111. The quantitative estimate of drug-likeness (QED) is 0.241. The van der Waals surface area contributed by atoms with Gasteiger partial charge in [-0.15, -0.1) is 0 Å². The van der Waals surface area contributed by atoms with Crippen LogP contribution in [-0.4, -0.2) is 23.6 Å². The lowest BCUT2D eigenvalue weighted by molar-refractivity contribution is -0.132. The summed E-state index contributed by atoms with van der Waals surface area (Å²) in [6, 6.07) is 23.2. The van der Waals surface area contributed by atoms with E-state index in [1.54, 1.807) is 24.3 Å². The van der Waals surface area contributed by atoms with Crippen molar-refractivity contribution in [2.75, 3.05) is 12.4 Å². The summed E-state index contributed by atoms with van der Waals surface area (Å²) in [6.45, 7) is 2.08. The number of fused-ring (bicyclic) bond motifs is 1. The summed E-state index contributed by atoms with van der Waals surface area (Å²) in [4.78, 5) is 23.9. The second-order valence-corrected chi connectivity index (χ2v) is 7.49. The molecule has 0 spiro atoms. The van der Waals surface area contributed by atoms with Gasteiger partial charge in [-0.2, -0.15) is 0 Å². The standard InChI is InChI=1S/C27H24N2O4/c1-19(30)33-26-17-20(11-13-25(26)32-2)12-14-27(31)28-23-9-6-10-24-22(23)15-16-29(24)18-21-7-4-3-5-8-21/h3-17H,18H2,1-2H3,(H,28,31). The predicted molar refractivity (Wildman–Crippen MR) is 129 cm³/mol. The number of methoxy groups -OCH3 is 1. The minimum absolute atomic E-state index is 0.261. The van der Waals surface area contributed by atoms with E-state index >= 15 is 0 Å². The Bertz CT molecular complexity index is 1320. The molecule has 166 valence electrons. The molecular weight excluding hydrogens is 416 g/mol. The van der Waals surface area contributed by atoms with Crippen LogP contribution < -0.4 is 14.8 Å². The molecule has 0 atom stereocenters. The smallest absolute Gasteiger partial charge is 0.308 e. The van der Waals surface area contributed by atoms with Crippen LogP contribution in [0.15, 0.2) is 85.1 Å². The van der Waals surface area contributed by atoms with Gasteiger partial charge in [-0.1, -0.05) is 42.5 Å². The molecule has 6 heteroatoms. The average Bonchev–Trinajstić information content (AvgIpc) is 3.22. The Morgan fingerprint density at radius 1 is 0.970 bits per heavy atom.